The molecule has 0 fully saturated rings. The Hall–Kier alpha value is -2.18. The summed E-state index contributed by atoms with van der Waals surface area (Å²) >= 11 is 0. The zero-order valence-electron chi connectivity index (χ0n) is 8.93. The summed E-state index contributed by atoms with van der Waals surface area (Å²) in [5.41, 5.74) is 2.16. The van der Waals surface area contributed by atoms with Crippen LogP contribution in [0.2, 0.25) is 0 Å². The van der Waals surface area contributed by atoms with Gasteiger partial charge in [0.25, 0.3) is 0 Å². The van der Waals surface area contributed by atoms with E-state index in [2.05, 4.69) is 20.3 Å². The summed E-state index contributed by atoms with van der Waals surface area (Å²) in [4.78, 5) is 14.7. The van der Waals surface area contributed by atoms with Crippen LogP contribution in [0.3, 0.4) is 0 Å². The number of carboxylic acid groups (broad SMARTS) is 1. The molecule has 0 spiro atoms. The zero-order valence-corrected chi connectivity index (χ0v) is 8.93. The average molecular weight is 221 g/mol. The second-order valence-electron chi connectivity index (χ2n) is 3.44. The number of H-pyrrole nitrogens is 1. The maximum Gasteiger partial charge on any atom is 0.307 e. The molecule has 0 saturated carbocycles. The van der Waals surface area contributed by atoms with E-state index in [0.29, 0.717) is 17.2 Å². The summed E-state index contributed by atoms with van der Waals surface area (Å²) in [5.74, 6) is -0.388. The van der Waals surface area contributed by atoms with Gasteiger partial charge in [-0.05, 0) is 13.8 Å². The van der Waals surface area contributed by atoms with E-state index in [4.69, 9.17) is 5.11 Å². The lowest BCUT2D eigenvalue weighted by atomic mass is 10.1. The molecule has 2 rings (SSSR count). The molecule has 0 saturated heterocycles. The number of aromatic amines is 1. The fourth-order valence-electron chi connectivity index (χ4n) is 1.59. The van der Waals surface area contributed by atoms with Crippen LogP contribution in [-0.4, -0.2) is 36.0 Å². The maximum absolute atomic E-state index is 10.7. The number of aliphatic carboxylic acids is 1. The van der Waals surface area contributed by atoms with Crippen molar-refractivity contribution in [1.29, 1.82) is 0 Å². The molecule has 0 amide bonds. The van der Waals surface area contributed by atoms with Gasteiger partial charge in [0.1, 0.15) is 6.33 Å². The molecule has 16 heavy (non-hydrogen) atoms. The largest absolute Gasteiger partial charge is 0.481 e. The van der Waals surface area contributed by atoms with E-state index < -0.39 is 5.97 Å². The lowest BCUT2D eigenvalue weighted by Crippen LogP contribution is -2.04. The summed E-state index contributed by atoms with van der Waals surface area (Å²) < 4.78 is 1.56. The number of nitrogens with zero attached hydrogens (tertiary/aromatic N) is 4. The number of carboxylic acids is 1. The van der Waals surface area contributed by atoms with Gasteiger partial charge in [-0.1, -0.05) is 0 Å². The van der Waals surface area contributed by atoms with Gasteiger partial charge in [0.05, 0.1) is 12.1 Å². The van der Waals surface area contributed by atoms with Crippen LogP contribution in [0.1, 0.15) is 17.0 Å². The van der Waals surface area contributed by atoms with Crippen molar-refractivity contribution in [3.05, 3.63) is 23.3 Å². The van der Waals surface area contributed by atoms with Crippen LogP contribution in [0, 0.1) is 13.8 Å². The van der Waals surface area contributed by atoms with Gasteiger partial charge in [-0.25, -0.2) is 9.78 Å². The van der Waals surface area contributed by atoms with E-state index in [9.17, 15) is 4.79 Å². The molecule has 2 heterocycles. The van der Waals surface area contributed by atoms with Crippen LogP contribution < -0.4 is 0 Å². The number of rotatable bonds is 3. The maximum atomic E-state index is 10.7. The van der Waals surface area contributed by atoms with Crippen LogP contribution >= 0.6 is 0 Å². The van der Waals surface area contributed by atoms with Crippen LogP contribution in [-0.2, 0) is 11.2 Å². The molecule has 0 aliphatic rings. The molecule has 7 heteroatoms. The highest BCUT2D eigenvalue weighted by atomic mass is 16.4. The molecule has 0 aliphatic carbocycles. The third-order valence-corrected chi connectivity index (χ3v) is 2.37. The molecule has 2 N–H and O–H groups in total. The van der Waals surface area contributed by atoms with Crippen LogP contribution in [0.4, 0.5) is 0 Å². The van der Waals surface area contributed by atoms with Crippen molar-refractivity contribution in [2.24, 2.45) is 0 Å². The predicted molar refractivity (Wildman–Crippen MR) is 54.3 cm³/mol. The smallest absolute Gasteiger partial charge is 0.307 e. The second kappa shape index (κ2) is 3.76. The number of hydrogen-bond acceptors (Lipinski definition) is 4. The third kappa shape index (κ3) is 1.67. The van der Waals surface area contributed by atoms with Gasteiger partial charge in [-0.3, -0.25) is 4.79 Å². The van der Waals surface area contributed by atoms with E-state index in [-0.39, 0.29) is 6.42 Å². The van der Waals surface area contributed by atoms with Gasteiger partial charge in [0, 0.05) is 11.3 Å². The Bertz CT molecular complexity index is 514. The minimum Gasteiger partial charge on any atom is -0.481 e. The zero-order chi connectivity index (χ0) is 11.7. The normalized spacial score (nSPS) is 10.6. The summed E-state index contributed by atoms with van der Waals surface area (Å²) in [6.07, 6.45) is 1.34. The van der Waals surface area contributed by atoms with Crippen LogP contribution in [0.5, 0.6) is 0 Å². The first kappa shape index (κ1) is 10.3. The Balaban J connectivity index is 2.46. The van der Waals surface area contributed by atoms with Crippen LogP contribution in [0.25, 0.3) is 5.95 Å². The first-order chi connectivity index (χ1) is 7.59. The highest BCUT2D eigenvalue weighted by molar-refractivity contribution is 5.71. The fraction of sp³-hybridized carbons (Fsp3) is 0.333. The number of carbonyl (C=O) groups is 1. The topological polar surface area (TPSA) is 96.7 Å². The van der Waals surface area contributed by atoms with Crippen molar-refractivity contribution in [3.63, 3.8) is 0 Å². The fourth-order valence-corrected chi connectivity index (χ4v) is 1.59. The van der Waals surface area contributed by atoms with Gasteiger partial charge >= 0.3 is 5.97 Å². The monoisotopic (exact) mass is 221 g/mol. The molecule has 0 radical (unpaired) electrons. The highest BCUT2D eigenvalue weighted by Crippen LogP contribution is 2.15. The molecule has 2 aromatic heterocycles. The van der Waals surface area contributed by atoms with E-state index in [1.54, 1.807) is 18.5 Å². The average Bonchev–Trinajstić information content (AvgIpc) is 2.80. The Morgan fingerprint density at radius 2 is 2.31 bits per heavy atom. The first-order valence-corrected chi connectivity index (χ1v) is 4.72. The molecule has 0 bridgehead atoms. The number of nitrogens with one attached hydrogen (secondary N) is 1. The summed E-state index contributed by atoms with van der Waals surface area (Å²) in [5, 5.41) is 19.4. The Morgan fingerprint density at radius 3 is 2.88 bits per heavy atom. The summed E-state index contributed by atoms with van der Waals surface area (Å²) in [6, 6.07) is 0. The molecule has 7 nitrogen and oxygen atoms in total. The van der Waals surface area contributed by atoms with Crippen molar-refractivity contribution in [2.45, 2.75) is 20.3 Å². The Kier molecular flexibility index (Phi) is 2.43. The standard InChI is InChI=1S/C9H11N5O2/c1-5-7(3-8(15)16)6(2)14(13-5)9-10-4-11-12-9/h4H,3H2,1-2H3,(H,15,16)(H,10,11,12). The summed E-state index contributed by atoms with van der Waals surface area (Å²) in [7, 11) is 0. The van der Waals surface area contributed by atoms with Crippen LogP contribution in [0.15, 0.2) is 6.33 Å². The lowest BCUT2D eigenvalue weighted by molar-refractivity contribution is -0.136. The molecule has 0 aromatic carbocycles. The number of aromatic nitrogens is 5. The van der Waals surface area contributed by atoms with Gasteiger partial charge < -0.3 is 5.11 Å². The minimum absolute atomic E-state index is 0.0359. The molecule has 0 aliphatic heterocycles. The van der Waals surface area contributed by atoms with E-state index in [0.717, 1.165) is 5.69 Å². The predicted octanol–water partition coefficient (Wildman–Crippen LogP) is 0.234. The molecule has 84 valence electrons. The summed E-state index contributed by atoms with van der Waals surface area (Å²) in [6.45, 7) is 3.58. The van der Waals surface area contributed by atoms with Crippen molar-refractivity contribution in [2.75, 3.05) is 0 Å². The number of hydrogen-bond donors (Lipinski definition) is 2. The SMILES string of the molecule is Cc1nn(-c2ncn[nH]2)c(C)c1CC(=O)O. The molecular formula is C9H11N5O2. The highest BCUT2D eigenvalue weighted by Gasteiger charge is 2.16. The van der Waals surface area contributed by atoms with Crippen molar-refractivity contribution < 1.29 is 9.90 Å². The molecular weight excluding hydrogens is 210 g/mol. The van der Waals surface area contributed by atoms with E-state index in [1.807, 2.05) is 0 Å². The quantitative estimate of drug-likeness (QED) is 0.773. The Labute approximate surface area is 91.1 Å². The van der Waals surface area contributed by atoms with Gasteiger partial charge in [-0.2, -0.15) is 15.2 Å². The van der Waals surface area contributed by atoms with Crippen molar-refractivity contribution in [3.8, 4) is 5.95 Å². The van der Waals surface area contributed by atoms with Crippen molar-refractivity contribution >= 4 is 5.97 Å². The van der Waals surface area contributed by atoms with Gasteiger partial charge in [0.2, 0.25) is 5.95 Å². The van der Waals surface area contributed by atoms with Gasteiger partial charge in [-0.15, -0.1) is 0 Å². The van der Waals surface area contributed by atoms with E-state index >= 15 is 0 Å². The molecule has 2 aromatic rings. The third-order valence-electron chi connectivity index (χ3n) is 2.37. The van der Waals surface area contributed by atoms with Gasteiger partial charge in [0.15, 0.2) is 0 Å². The molecule has 0 unspecified atom stereocenters. The minimum atomic E-state index is -0.872. The second-order valence-corrected chi connectivity index (χ2v) is 3.44. The Morgan fingerprint density at radius 1 is 1.56 bits per heavy atom. The first-order valence-electron chi connectivity index (χ1n) is 4.72. The molecule has 0 atom stereocenters. The lowest BCUT2D eigenvalue weighted by Gasteiger charge is -1.99. The van der Waals surface area contributed by atoms with Crippen molar-refractivity contribution in [1.82, 2.24) is 25.0 Å². The van der Waals surface area contributed by atoms with E-state index in [1.165, 1.54) is 6.33 Å². The number of aryl methyl sites for hydroxylation is 1.